The van der Waals surface area contributed by atoms with Crippen LogP contribution in [-0.4, -0.2) is 108 Å². The highest BCUT2D eigenvalue weighted by Crippen LogP contribution is 2.26. The molecule has 2 saturated heterocycles. The number of carbonyl (C=O) groups is 4. The number of nitrogens with one attached hydrogen (secondary N) is 3. The number of carboxylic acids is 1. The molecule has 260 valence electrons. The fraction of sp³-hybridized carbons (Fsp3) is 0.875. The van der Waals surface area contributed by atoms with E-state index in [0.717, 1.165) is 64.6 Å². The first-order valence-corrected chi connectivity index (χ1v) is 17.3. The fourth-order valence-electron chi connectivity index (χ4n) is 4.74. The third-order valence-electron chi connectivity index (χ3n) is 7.54. The number of likely N-dealkylation sites (N-methyl/N-ethyl adjacent to an activating group) is 2. The van der Waals surface area contributed by atoms with Gasteiger partial charge in [0.25, 0.3) is 0 Å². The number of amides is 3. The lowest BCUT2D eigenvalue weighted by Gasteiger charge is -2.33. The van der Waals surface area contributed by atoms with Crippen LogP contribution < -0.4 is 16.0 Å². The molecule has 3 unspecified atom stereocenters. The molecule has 2 fully saturated rings. The van der Waals surface area contributed by atoms with Crippen LogP contribution in [0.2, 0.25) is 0 Å². The molecule has 0 radical (unpaired) electrons. The monoisotopic (exact) mass is 646 g/mol. The van der Waals surface area contributed by atoms with Gasteiger partial charge in [0.15, 0.2) is 0 Å². The molecule has 2 aliphatic rings. The quantitative estimate of drug-likeness (QED) is 0.110. The van der Waals surface area contributed by atoms with Crippen LogP contribution in [0.15, 0.2) is 0 Å². The van der Waals surface area contributed by atoms with Crippen molar-refractivity contribution in [1.82, 2.24) is 29.5 Å². The minimum Gasteiger partial charge on any atom is -0.480 e. The molecule has 0 bridgehead atoms. The van der Waals surface area contributed by atoms with Crippen molar-refractivity contribution in [3.63, 3.8) is 0 Å². The smallest absolute Gasteiger partial charge is 0.320 e. The SMILES string of the molecule is CC.CCCCCCCC(C)C(NC)C(=O)O.CCNC(=O)NC(CN1CCN(C)S1)C(C)(C)C.O=C[C@@H]1CCCN1C=O. The van der Waals surface area contributed by atoms with Gasteiger partial charge in [-0.1, -0.05) is 80.6 Å². The Morgan fingerprint density at radius 3 is 2.11 bits per heavy atom. The maximum atomic E-state index is 11.7. The number of aldehydes is 1. The number of likely N-dealkylation sites (tertiary alicyclic amines) is 1. The van der Waals surface area contributed by atoms with Gasteiger partial charge in [-0.2, -0.15) is 0 Å². The highest BCUT2D eigenvalue weighted by Gasteiger charge is 2.30. The number of unbranched alkanes of at least 4 members (excludes halogenated alkanes) is 4. The molecular formula is C32H66N6O5S. The summed E-state index contributed by atoms with van der Waals surface area (Å²) in [6.07, 6.45) is 10.6. The second kappa shape index (κ2) is 26.3. The first-order chi connectivity index (χ1) is 20.8. The molecule has 0 spiro atoms. The molecule has 0 aromatic carbocycles. The van der Waals surface area contributed by atoms with Gasteiger partial charge in [-0.25, -0.2) is 13.4 Å². The van der Waals surface area contributed by atoms with Crippen LogP contribution in [0.1, 0.15) is 107 Å². The average Bonchev–Trinajstić information content (AvgIpc) is 3.62. The number of aliphatic carboxylic acids is 1. The largest absolute Gasteiger partial charge is 0.480 e. The van der Waals surface area contributed by atoms with Crippen molar-refractivity contribution >= 4 is 36.8 Å². The molecule has 0 aromatic rings. The summed E-state index contributed by atoms with van der Waals surface area (Å²) >= 11 is 1.75. The number of hydrogen-bond donors (Lipinski definition) is 4. The summed E-state index contributed by atoms with van der Waals surface area (Å²) in [7, 11) is 3.81. The summed E-state index contributed by atoms with van der Waals surface area (Å²) in [6, 6.07) is -0.461. The number of carboxylic acid groups (broad SMARTS) is 1. The van der Waals surface area contributed by atoms with E-state index in [-0.39, 0.29) is 29.4 Å². The van der Waals surface area contributed by atoms with Crippen molar-refractivity contribution in [3.8, 4) is 0 Å². The zero-order valence-electron chi connectivity index (χ0n) is 29.5. The summed E-state index contributed by atoms with van der Waals surface area (Å²) in [5.74, 6) is -0.521. The van der Waals surface area contributed by atoms with Crippen molar-refractivity contribution in [1.29, 1.82) is 0 Å². The van der Waals surface area contributed by atoms with E-state index in [4.69, 9.17) is 5.11 Å². The van der Waals surface area contributed by atoms with Gasteiger partial charge in [0.1, 0.15) is 12.3 Å². The normalized spacial score (nSPS) is 18.7. The van der Waals surface area contributed by atoms with Crippen molar-refractivity contribution < 1.29 is 24.3 Å². The van der Waals surface area contributed by atoms with Gasteiger partial charge in [-0.3, -0.25) is 9.59 Å². The maximum absolute atomic E-state index is 11.7. The Labute approximate surface area is 273 Å². The molecule has 4 atom stereocenters. The molecule has 44 heavy (non-hydrogen) atoms. The molecule has 2 rings (SSSR count). The predicted octanol–water partition coefficient (Wildman–Crippen LogP) is 5.02. The molecular weight excluding hydrogens is 580 g/mol. The Balaban J connectivity index is 0. The van der Waals surface area contributed by atoms with E-state index in [1.165, 1.54) is 30.6 Å². The summed E-state index contributed by atoms with van der Waals surface area (Å²) in [4.78, 5) is 44.4. The summed E-state index contributed by atoms with van der Waals surface area (Å²) < 4.78 is 4.52. The third-order valence-corrected chi connectivity index (χ3v) is 8.56. The van der Waals surface area contributed by atoms with Crippen molar-refractivity contribution in [3.05, 3.63) is 0 Å². The Bertz CT molecular complexity index is 756. The van der Waals surface area contributed by atoms with Gasteiger partial charge >= 0.3 is 12.0 Å². The van der Waals surface area contributed by atoms with E-state index in [2.05, 4.69) is 59.3 Å². The van der Waals surface area contributed by atoms with E-state index in [1.807, 2.05) is 27.7 Å². The minimum absolute atomic E-state index is 0.0484. The molecule has 0 aliphatic carbocycles. The summed E-state index contributed by atoms with van der Waals surface area (Å²) in [6.45, 7) is 21.0. The minimum atomic E-state index is -0.737. The van der Waals surface area contributed by atoms with Crippen LogP contribution in [-0.2, 0) is 14.4 Å². The van der Waals surface area contributed by atoms with E-state index >= 15 is 0 Å². The van der Waals surface area contributed by atoms with Crippen molar-refractivity contribution in [2.24, 2.45) is 11.3 Å². The molecule has 2 aliphatic heterocycles. The zero-order chi connectivity index (χ0) is 34.1. The molecule has 12 heteroatoms. The van der Waals surface area contributed by atoms with Crippen molar-refractivity contribution in [2.75, 3.05) is 46.8 Å². The molecule has 2 heterocycles. The van der Waals surface area contributed by atoms with Crippen LogP contribution in [0.25, 0.3) is 0 Å². The third kappa shape index (κ3) is 20.2. The van der Waals surface area contributed by atoms with E-state index in [1.54, 1.807) is 19.2 Å². The van der Waals surface area contributed by atoms with Gasteiger partial charge in [0.05, 0.1) is 6.04 Å². The van der Waals surface area contributed by atoms with Crippen molar-refractivity contribution in [2.45, 2.75) is 125 Å². The summed E-state index contributed by atoms with van der Waals surface area (Å²) in [5.41, 5.74) is 0.0484. The molecule has 3 amide bonds. The lowest BCUT2D eigenvalue weighted by Crippen LogP contribution is -2.52. The molecule has 4 N–H and O–H groups in total. The Morgan fingerprint density at radius 2 is 1.68 bits per heavy atom. The lowest BCUT2D eigenvalue weighted by atomic mass is 9.86. The van der Waals surface area contributed by atoms with Gasteiger partial charge < -0.3 is 30.8 Å². The van der Waals surface area contributed by atoms with Gasteiger partial charge in [0, 0.05) is 50.9 Å². The first-order valence-electron chi connectivity index (χ1n) is 16.6. The van der Waals surface area contributed by atoms with E-state index in [9.17, 15) is 19.2 Å². The average molecular weight is 647 g/mol. The highest BCUT2D eigenvalue weighted by atomic mass is 32.2. The van der Waals surface area contributed by atoms with Crippen LogP contribution in [0, 0.1) is 11.3 Å². The number of rotatable bonds is 15. The van der Waals surface area contributed by atoms with Crippen LogP contribution >= 0.6 is 12.1 Å². The zero-order valence-corrected chi connectivity index (χ0v) is 30.3. The number of nitrogens with zero attached hydrogens (tertiary/aromatic N) is 3. The Kier molecular flexibility index (Phi) is 26.5. The fourth-order valence-corrected chi connectivity index (χ4v) is 5.68. The second-order valence-electron chi connectivity index (χ2n) is 12.2. The first kappa shape index (κ1) is 44.2. The standard InChI is InChI=1S/C12H26N4OS.C12H25NO2.C6H9NO2.C2H6/c1-6-13-11(17)14-10(12(2,3)4)9-16-8-7-15(5)18-16;1-4-5-6-7-8-9-10(2)11(13-3)12(14)15;8-4-6-2-1-3-7(6)5-9;1-2/h10H,6-9H2,1-5H3,(H2,13,14,17);10-11,13H,4-9H2,1-3H3,(H,14,15);4-6H,1-3H2;1-2H3/t;;6-;/m..0./s1. The summed E-state index contributed by atoms with van der Waals surface area (Å²) in [5, 5.41) is 17.6. The Hall–Kier alpha value is -1.89. The highest BCUT2D eigenvalue weighted by molar-refractivity contribution is 7.94. The van der Waals surface area contributed by atoms with Gasteiger partial charge in [0.2, 0.25) is 6.41 Å². The molecule has 0 saturated carbocycles. The second-order valence-corrected chi connectivity index (χ2v) is 13.5. The van der Waals surface area contributed by atoms with Crippen LogP contribution in [0.4, 0.5) is 4.79 Å². The maximum Gasteiger partial charge on any atom is 0.320 e. The lowest BCUT2D eigenvalue weighted by molar-refractivity contribution is -0.140. The molecule has 11 nitrogen and oxygen atoms in total. The van der Waals surface area contributed by atoms with Gasteiger partial charge in [-0.05, 0) is 51.6 Å². The molecule has 0 aromatic heterocycles. The van der Waals surface area contributed by atoms with E-state index in [0.29, 0.717) is 6.54 Å². The van der Waals surface area contributed by atoms with Crippen LogP contribution in [0.3, 0.4) is 0 Å². The number of urea groups is 1. The van der Waals surface area contributed by atoms with E-state index < -0.39 is 12.0 Å². The number of carbonyl (C=O) groups excluding carboxylic acids is 3. The van der Waals surface area contributed by atoms with Crippen LogP contribution in [0.5, 0.6) is 0 Å². The van der Waals surface area contributed by atoms with Gasteiger partial charge in [-0.15, -0.1) is 0 Å². The predicted molar refractivity (Wildman–Crippen MR) is 183 cm³/mol. The Morgan fingerprint density at radius 1 is 1.05 bits per heavy atom. The topological polar surface area (TPSA) is 134 Å². The number of hydrogen-bond acceptors (Lipinski definition) is 8.